The van der Waals surface area contributed by atoms with Crippen LogP contribution in [0.5, 0.6) is 11.5 Å². The summed E-state index contributed by atoms with van der Waals surface area (Å²) in [6.45, 7) is 1.16. The van der Waals surface area contributed by atoms with Gasteiger partial charge in [0.25, 0.3) is 0 Å². The molecule has 27 heavy (non-hydrogen) atoms. The third kappa shape index (κ3) is 4.13. The molecule has 0 atom stereocenters. The highest BCUT2D eigenvalue weighted by atomic mass is 19.1. The molecule has 1 heterocycles. The maximum absolute atomic E-state index is 13.6. The van der Waals surface area contributed by atoms with Crippen LogP contribution in [0, 0.1) is 11.6 Å². The summed E-state index contributed by atoms with van der Waals surface area (Å²) in [5.74, 6) is 0.0870. The molecule has 7 heteroatoms. The number of methoxy groups -OCH3 is 2. The van der Waals surface area contributed by atoms with Gasteiger partial charge in [0.15, 0.2) is 11.5 Å². The standard InChI is InChI=1S/C20H22F2N2O3/c1-26-18-10-13-7-9-24(12-14(13)11-19(18)27-2)20(25)23-8-6-15-16(21)4-3-5-17(15)22/h3-5,10-11H,6-9,12H2,1-2H3,(H,23,25). The van der Waals surface area contributed by atoms with E-state index in [2.05, 4.69) is 5.32 Å². The number of benzene rings is 2. The summed E-state index contributed by atoms with van der Waals surface area (Å²) in [7, 11) is 3.16. The fourth-order valence-corrected chi connectivity index (χ4v) is 3.23. The highest BCUT2D eigenvalue weighted by Gasteiger charge is 2.22. The largest absolute Gasteiger partial charge is 0.493 e. The van der Waals surface area contributed by atoms with Gasteiger partial charge in [-0.2, -0.15) is 0 Å². The molecule has 3 rings (SSSR count). The lowest BCUT2D eigenvalue weighted by Crippen LogP contribution is -2.43. The third-order valence-corrected chi connectivity index (χ3v) is 4.72. The maximum atomic E-state index is 13.6. The van der Waals surface area contributed by atoms with Crippen LogP contribution in [0.1, 0.15) is 16.7 Å². The number of nitrogens with zero attached hydrogens (tertiary/aromatic N) is 1. The summed E-state index contributed by atoms with van der Waals surface area (Å²) in [4.78, 5) is 14.1. The fourth-order valence-electron chi connectivity index (χ4n) is 3.23. The molecule has 0 saturated heterocycles. The number of carbonyl (C=O) groups excluding carboxylic acids is 1. The van der Waals surface area contributed by atoms with E-state index >= 15 is 0 Å². The van der Waals surface area contributed by atoms with Crippen molar-refractivity contribution in [3.05, 3.63) is 58.7 Å². The Labute approximate surface area is 156 Å². The smallest absolute Gasteiger partial charge is 0.317 e. The monoisotopic (exact) mass is 376 g/mol. The summed E-state index contributed by atoms with van der Waals surface area (Å²) in [6.07, 6.45) is 0.796. The van der Waals surface area contributed by atoms with Gasteiger partial charge in [-0.15, -0.1) is 0 Å². The molecule has 0 unspecified atom stereocenters. The van der Waals surface area contributed by atoms with Gasteiger partial charge in [0.05, 0.1) is 14.2 Å². The SMILES string of the molecule is COc1cc2c(cc1OC)CN(C(=O)NCCc1c(F)cccc1F)CC2. The molecule has 0 spiro atoms. The Kier molecular flexibility index (Phi) is 5.78. The summed E-state index contributed by atoms with van der Waals surface area (Å²) < 4.78 is 37.9. The molecule has 0 saturated carbocycles. The Bertz CT molecular complexity index is 822. The molecular formula is C20H22F2N2O3. The number of ether oxygens (including phenoxy) is 2. The average Bonchev–Trinajstić information content (AvgIpc) is 2.68. The second kappa shape index (κ2) is 8.24. The minimum absolute atomic E-state index is 0.0152. The van der Waals surface area contributed by atoms with E-state index in [4.69, 9.17) is 9.47 Å². The molecule has 5 nitrogen and oxygen atoms in total. The van der Waals surface area contributed by atoms with Crippen molar-refractivity contribution in [2.45, 2.75) is 19.4 Å². The van der Waals surface area contributed by atoms with Crippen molar-refractivity contribution < 1.29 is 23.0 Å². The second-order valence-electron chi connectivity index (χ2n) is 6.33. The number of carbonyl (C=O) groups is 1. The number of amides is 2. The van der Waals surface area contributed by atoms with Crippen molar-refractivity contribution in [2.75, 3.05) is 27.3 Å². The molecule has 0 fully saturated rings. The van der Waals surface area contributed by atoms with Crippen molar-refractivity contribution in [3.63, 3.8) is 0 Å². The van der Waals surface area contributed by atoms with Crippen molar-refractivity contribution in [1.29, 1.82) is 0 Å². The fraction of sp³-hybridized carbons (Fsp3) is 0.350. The van der Waals surface area contributed by atoms with E-state index in [-0.39, 0.29) is 24.6 Å². The summed E-state index contributed by atoms with van der Waals surface area (Å²) in [6, 6.07) is 7.30. The van der Waals surface area contributed by atoms with Crippen LogP contribution in [-0.2, 0) is 19.4 Å². The third-order valence-electron chi connectivity index (χ3n) is 4.72. The number of hydrogen-bond donors (Lipinski definition) is 1. The first-order chi connectivity index (χ1) is 13.0. The predicted molar refractivity (Wildman–Crippen MR) is 97.1 cm³/mol. The van der Waals surface area contributed by atoms with Gasteiger partial charge in [-0.05, 0) is 48.2 Å². The zero-order valence-corrected chi connectivity index (χ0v) is 15.4. The molecule has 0 aliphatic carbocycles. The zero-order chi connectivity index (χ0) is 19.4. The van der Waals surface area contributed by atoms with Crippen LogP contribution >= 0.6 is 0 Å². The van der Waals surface area contributed by atoms with Gasteiger partial charge in [-0.25, -0.2) is 13.6 Å². The Morgan fingerprint density at radius 3 is 2.37 bits per heavy atom. The lowest BCUT2D eigenvalue weighted by atomic mass is 9.99. The molecule has 2 aromatic carbocycles. The zero-order valence-electron chi connectivity index (χ0n) is 15.4. The highest BCUT2D eigenvalue weighted by Crippen LogP contribution is 2.33. The van der Waals surface area contributed by atoms with E-state index in [9.17, 15) is 13.6 Å². The average molecular weight is 376 g/mol. The topological polar surface area (TPSA) is 50.8 Å². The Hall–Kier alpha value is -2.83. The molecule has 0 aromatic heterocycles. The molecule has 0 radical (unpaired) electrons. The maximum Gasteiger partial charge on any atom is 0.317 e. The molecule has 2 aromatic rings. The molecule has 1 aliphatic heterocycles. The van der Waals surface area contributed by atoms with E-state index in [0.29, 0.717) is 31.0 Å². The lowest BCUT2D eigenvalue weighted by Gasteiger charge is -2.29. The minimum atomic E-state index is -0.600. The van der Waals surface area contributed by atoms with Crippen molar-refractivity contribution in [1.82, 2.24) is 10.2 Å². The predicted octanol–water partition coefficient (Wildman–Crippen LogP) is 3.29. The lowest BCUT2D eigenvalue weighted by molar-refractivity contribution is 0.192. The molecule has 0 bridgehead atoms. The highest BCUT2D eigenvalue weighted by molar-refractivity contribution is 5.74. The van der Waals surface area contributed by atoms with E-state index in [1.54, 1.807) is 19.1 Å². The molecular weight excluding hydrogens is 354 g/mol. The second-order valence-corrected chi connectivity index (χ2v) is 6.33. The molecule has 2 amide bonds. The summed E-state index contributed by atoms with van der Waals surface area (Å²) in [5.41, 5.74) is 2.10. The van der Waals surface area contributed by atoms with Crippen molar-refractivity contribution >= 4 is 6.03 Å². The molecule has 144 valence electrons. The van der Waals surface area contributed by atoms with Crippen molar-refractivity contribution in [3.8, 4) is 11.5 Å². The van der Waals surface area contributed by atoms with Gasteiger partial charge >= 0.3 is 6.03 Å². The van der Waals surface area contributed by atoms with Gasteiger partial charge in [0.2, 0.25) is 0 Å². The van der Waals surface area contributed by atoms with Crippen LogP contribution in [0.3, 0.4) is 0 Å². The van der Waals surface area contributed by atoms with Crippen LogP contribution in [0.2, 0.25) is 0 Å². The number of hydrogen-bond acceptors (Lipinski definition) is 3. The van der Waals surface area contributed by atoms with E-state index in [1.165, 1.54) is 18.2 Å². The van der Waals surface area contributed by atoms with Crippen molar-refractivity contribution in [2.24, 2.45) is 0 Å². The van der Waals surface area contributed by atoms with E-state index < -0.39 is 11.6 Å². The Balaban J connectivity index is 1.61. The van der Waals surface area contributed by atoms with Gasteiger partial charge in [0, 0.05) is 25.2 Å². The number of urea groups is 1. The summed E-state index contributed by atoms with van der Waals surface area (Å²) >= 11 is 0. The van der Waals surface area contributed by atoms with Crippen LogP contribution in [0.15, 0.2) is 30.3 Å². The number of rotatable bonds is 5. The first-order valence-corrected chi connectivity index (χ1v) is 8.73. The first kappa shape index (κ1) is 18.9. The van der Waals surface area contributed by atoms with Gasteiger partial charge < -0.3 is 19.7 Å². The molecule has 1 N–H and O–H groups in total. The van der Waals surface area contributed by atoms with E-state index in [1.807, 2.05) is 12.1 Å². The van der Waals surface area contributed by atoms with Crippen LogP contribution in [0.4, 0.5) is 13.6 Å². The first-order valence-electron chi connectivity index (χ1n) is 8.73. The summed E-state index contributed by atoms with van der Waals surface area (Å²) in [5, 5.41) is 2.73. The van der Waals surface area contributed by atoms with Gasteiger partial charge in [-0.3, -0.25) is 0 Å². The normalized spacial score (nSPS) is 13.1. The minimum Gasteiger partial charge on any atom is -0.493 e. The number of nitrogens with one attached hydrogen (secondary N) is 1. The quantitative estimate of drug-likeness (QED) is 0.871. The Morgan fingerprint density at radius 2 is 1.74 bits per heavy atom. The van der Waals surface area contributed by atoms with Crippen LogP contribution in [0.25, 0.3) is 0 Å². The number of halogens is 2. The van der Waals surface area contributed by atoms with E-state index in [0.717, 1.165) is 11.1 Å². The van der Waals surface area contributed by atoms with Crippen LogP contribution < -0.4 is 14.8 Å². The van der Waals surface area contributed by atoms with Gasteiger partial charge in [-0.1, -0.05) is 6.07 Å². The molecule has 1 aliphatic rings. The van der Waals surface area contributed by atoms with Gasteiger partial charge in [0.1, 0.15) is 11.6 Å². The van der Waals surface area contributed by atoms with Crippen LogP contribution in [-0.4, -0.2) is 38.2 Å². The number of fused-ring (bicyclic) bond motifs is 1. The Morgan fingerprint density at radius 1 is 1.11 bits per heavy atom.